The van der Waals surface area contributed by atoms with E-state index in [1.807, 2.05) is 9.80 Å². The Labute approximate surface area is 231 Å². The number of hydrogen-bond acceptors (Lipinski definition) is 8. The molecular formula is C24H32N4O4S4. The molecule has 8 nitrogen and oxygen atoms in total. The average Bonchev–Trinajstić information content (AvgIpc) is 3.13. The van der Waals surface area contributed by atoms with Crippen LogP contribution in [0.15, 0.2) is 9.81 Å². The third-order valence-electron chi connectivity index (χ3n) is 6.92. The van der Waals surface area contributed by atoms with Crippen LogP contribution in [0.25, 0.3) is 0 Å². The van der Waals surface area contributed by atoms with Crippen molar-refractivity contribution < 1.29 is 19.2 Å². The Morgan fingerprint density at radius 2 is 0.944 bits per heavy atom. The Morgan fingerprint density at radius 3 is 1.28 bits per heavy atom. The number of carbonyl (C=O) groups excluding carboxylic acids is 4. The first-order chi connectivity index (χ1) is 17.4. The van der Waals surface area contributed by atoms with Crippen molar-refractivity contribution in [2.45, 2.75) is 64.2 Å². The highest BCUT2D eigenvalue weighted by atomic mass is 32.2. The maximum atomic E-state index is 13.2. The minimum Gasteiger partial charge on any atom is -0.343 e. The van der Waals surface area contributed by atoms with Gasteiger partial charge in [0.2, 0.25) is 11.8 Å². The fourth-order valence-electron chi connectivity index (χ4n) is 4.83. The fraction of sp³-hybridized carbons (Fsp3) is 0.667. The molecule has 0 aromatic carbocycles. The summed E-state index contributed by atoms with van der Waals surface area (Å²) in [5.41, 5.74) is 0. The Kier molecular flexibility index (Phi) is 9.82. The van der Waals surface area contributed by atoms with E-state index in [9.17, 15) is 19.2 Å². The van der Waals surface area contributed by atoms with Crippen molar-refractivity contribution >= 4 is 80.2 Å². The predicted molar refractivity (Wildman–Crippen MR) is 150 cm³/mol. The van der Waals surface area contributed by atoms with Gasteiger partial charge >= 0.3 is 0 Å². The van der Waals surface area contributed by atoms with Crippen LogP contribution in [-0.2, 0) is 19.2 Å². The van der Waals surface area contributed by atoms with Crippen LogP contribution in [0.4, 0.5) is 0 Å². The van der Waals surface area contributed by atoms with Crippen LogP contribution in [0.1, 0.15) is 64.2 Å². The SMILES string of the molecule is O=C(CCN1C(=O)C(=C2SC(=S)N(CCC(=O)N3CCCCCC3)C2=O)SC1=S)N1CCCCCC1. The molecule has 196 valence electrons. The molecule has 4 saturated heterocycles. The number of carbonyl (C=O) groups is 4. The van der Waals surface area contributed by atoms with E-state index in [1.54, 1.807) is 0 Å². The van der Waals surface area contributed by atoms with Crippen LogP contribution in [0.5, 0.6) is 0 Å². The second kappa shape index (κ2) is 12.8. The summed E-state index contributed by atoms with van der Waals surface area (Å²) in [6.07, 6.45) is 9.03. The third-order valence-corrected chi connectivity index (χ3v) is 9.95. The lowest BCUT2D eigenvalue weighted by atomic mass is 10.2. The molecule has 4 aliphatic rings. The summed E-state index contributed by atoms with van der Waals surface area (Å²) in [7, 11) is 0. The summed E-state index contributed by atoms with van der Waals surface area (Å²) in [5.74, 6) is -0.637. The van der Waals surface area contributed by atoms with Crippen molar-refractivity contribution in [1.29, 1.82) is 0 Å². The largest absolute Gasteiger partial charge is 0.343 e. The number of likely N-dealkylation sites (tertiary alicyclic amines) is 2. The van der Waals surface area contributed by atoms with Gasteiger partial charge in [-0.05, 0) is 25.7 Å². The van der Waals surface area contributed by atoms with Crippen LogP contribution in [0, 0.1) is 0 Å². The summed E-state index contributed by atoms with van der Waals surface area (Å²) >= 11 is 13.0. The van der Waals surface area contributed by atoms with Crippen LogP contribution in [-0.4, -0.2) is 91.1 Å². The molecule has 0 saturated carbocycles. The van der Waals surface area contributed by atoms with Gasteiger partial charge in [-0.1, -0.05) is 73.6 Å². The zero-order valence-corrected chi connectivity index (χ0v) is 23.6. The highest BCUT2D eigenvalue weighted by molar-refractivity contribution is 8.29. The van der Waals surface area contributed by atoms with E-state index in [0.29, 0.717) is 8.64 Å². The van der Waals surface area contributed by atoms with Gasteiger partial charge in [0.25, 0.3) is 11.8 Å². The molecule has 0 spiro atoms. The second-order valence-electron chi connectivity index (χ2n) is 9.40. The lowest BCUT2D eigenvalue weighted by Crippen LogP contribution is -2.37. The number of nitrogens with zero attached hydrogens (tertiary/aromatic N) is 4. The maximum absolute atomic E-state index is 13.2. The van der Waals surface area contributed by atoms with Gasteiger partial charge in [-0.2, -0.15) is 0 Å². The molecule has 4 aliphatic heterocycles. The number of amides is 4. The van der Waals surface area contributed by atoms with Crippen molar-refractivity contribution in [2.24, 2.45) is 0 Å². The van der Waals surface area contributed by atoms with Crippen molar-refractivity contribution in [3.63, 3.8) is 0 Å². The van der Waals surface area contributed by atoms with Gasteiger partial charge in [0.1, 0.15) is 8.64 Å². The van der Waals surface area contributed by atoms with Crippen molar-refractivity contribution in [2.75, 3.05) is 39.3 Å². The van der Waals surface area contributed by atoms with E-state index in [1.165, 1.54) is 9.80 Å². The molecule has 4 amide bonds. The third kappa shape index (κ3) is 6.49. The van der Waals surface area contributed by atoms with Gasteiger partial charge in [0.15, 0.2) is 0 Å². The molecule has 0 N–H and O–H groups in total. The van der Waals surface area contributed by atoms with E-state index >= 15 is 0 Å². The smallest absolute Gasteiger partial charge is 0.267 e. The molecule has 36 heavy (non-hydrogen) atoms. The average molecular weight is 569 g/mol. The number of rotatable bonds is 6. The molecule has 4 rings (SSSR count). The van der Waals surface area contributed by atoms with Gasteiger partial charge in [-0.3, -0.25) is 29.0 Å². The highest BCUT2D eigenvalue weighted by Crippen LogP contribution is 2.42. The first-order valence-electron chi connectivity index (χ1n) is 12.7. The van der Waals surface area contributed by atoms with Gasteiger partial charge in [-0.15, -0.1) is 0 Å². The molecule has 0 atom stereocenters. The fourth-order valence-corrected chi connectivity index (χ4v) is 7.60. The number of thioether (sulfide) groups is 2. The standard InChI is InChI=1S/C24H32N4O4S4/c29-17(25-11-5-1-2-6-12-25)9-15-27-21(31)19(35-23(27)33)20-22(32)28(24(34)36-20)16-10-18(30)26-13-7-3-4-8-14-26/h1-16H2. The van der Waals surface area contributed by atoms with Gasteiger partial charge < -0.3 is 9.80 Å². The lowest BCUT2D eigenvalue weighted by molar-refractivity contribution is -0.133. The van der Waals surface area contributed by atoms with E-state index in [2.05, 4.69) is 0 Å². The molecule has 0 unspecified atom stereocenters. The molecular weight excluding hydrogens is 537 g/mol. The van der Waals surface area contributed by atoms with Crippen molar-refractivity contribution in [3.8, 4) is 0 Å². The topological polar surface area (TPSA) is 81.2 Å². The summed E-state index contributed by atoms with van der Waals surface area (Å²) in [4.78, 5) is 58.8. The molecule has 4 heterocycles. The van der Waals surface area contributed by atoms with Crippen LogP contribution >= 0.6 is 48.0 Å². The first kappa shape index (κ1) is 27.5. The molecule has 0 aliphatic carbocycles. The first-order valence-corrected chi connectivity index (χ1v) is 15.2. The van der Waals surface area contributed by atoms with E-state index in [-0.39, 0.29) is 59.4 Å². The zero-order chi connectivity index (χ0) is 25.7. The molecule has 0 radical (unpaired) electrons. The lowest BCUT2D eigenvalue weighted by Gasteiger charge is -2.22. The normalized spacial score (nSPS) is 24.0. The molecule has 0 aromatic heterocycles. The quantitative estimate of drug-likeness (QED) is 0.356. The summed E-state index contributed by atoms with van der Waals surface area (Å²) in [5, 5.41) is 0. The molecule has 12 heteroatoms. The summed E-state index contributed by atoms with van der Waals surface area (Å²) < 4.78 is 0.695. The monoisotopic (exact) mass is 568 g/mol. The zero-order valence-electron chi connectivity index (χ0n) is 20.4. The number of hydrogen-bond donors (Lipinski definition) is 0. The van der Waals surface area contributed by atoms with Gasteiger partial charge in [-0.25, -0.2) is 0 Å². The van der Waals surface area contributed by atoms with Crippen LogP contribution in [0.2, 0.25) is 0 Å². The van der Waals surface area contributed by atoms with E-state index in [4.69, 9.17) is 24.4 Å². The molecule has 0 aromatic rings. The molecule has 4 fully saturated rings. The van der Waals surface area contributed by atoms with Crippen molar-refractivity contribution in [1.82, 2.24) is 19.6 Å². The Hall–Kier alpha value is -1.50. The Bertz CT molecular complexity index is 893. The van der Waals surface area contributed by atoms with E-state index < -0.39 is 0 Å². The highest BCUT2D eigenvalue weighted by Gasteiger charge is 2.42. The van der Waals surface area contributed by atoms with Crippen LogP contribution in [0.3, 0.4) is 0 Å². The Morgan fingerprint density at radius 1 is 0.611 bits per heavy atom. The summed E-state index contributed by atoms with van der Waals surface area (Å²) in [6, 6.07) is 0. The maximum Gasteiger partial charge on any atom is 0.267 e. The Balaban J connectivity index is 1.35. The summed E-state index contributed by atoms with van der Waals surface area (Å²) in [6.45, 7) is 3.46. The van der Waals surface area contributed by atoms with Gasteiger partial charge in [0, 0.05) is 52.1 Å². The minimum absolute atomic E-state index is 0.0337. The van der Waals surface area contributed by atoms with E-state index in [0.717, 1.165) is 101 Å². The van der Waals surface area contributed by atoms with Crippen LogP contribution < -0.4 is 0 Å². The van der Waals surface area contributed by atoms with Gasteiger partial charge in [0.05, 0.1) is 9.81 Å². The second-order valence-corrected chi connectivity index (χ2v) is 12.7. The molecule has 0 bridgehead atoms. The van der Waals surface area contributed by atoms with Crippen molar-refractivity contribution in [3.05, 3.63) is 9.81 Å². The number of thiocarbonyl (C=S) groups is 2. The predicted octanol–water partition coefficient (Wildman–Crippen LogP) is 3.50. The minimum atomic E-state index is -0.352.